The number of imidazole rings is 1. The normalized spacial score (nSPS) is 11.2. The van der Waals surface area contributed by atoms with E-state index in [1.165, 1.54) is 0 Å². The molecule has 0 aromatic carbocycles. The fourth-order valence-corrected chi connectivity index (χ4v) is 2.85. The van der Waals surface area contributed by atoms with Gasteiger partial charge in [-0.05, 0) is 46.4 Å². The van der Waals surface area contributed by atoms with Gasteiger partial charge in [-0.15, -0.1) is 0 Å². The maximum absolute atomic E-state index is 6.18. The van der Waals surface area contributed by atoms with Crippen molar-refractivity contribution < 1.29 is 0 Å². The lowest BCUT2D eigenvalue weighted by Crippen LogP contribution is -1.98. The minimum atomic E-state index is 0.692. The average Bonchev–Trinajstić information content (AvgIpc) is 2.91. The van der Waals surface area contributed by atoms with Crippen LogP contribution in [0.3, 0.4) is 0 Å². The molecule has 0 fully saturated rings. The summed E-state index contributed by atoms with van der Waals surface area (Å²) in [6, 6.07) is 5.99. The Morgan fingerprint density at radius 2 is 2.18 bits per heavy atom. The minimum Gasteiger partial charge on any atom is -0.383 e. The van der Waals surface area contributed by atoms with Gasteiger partial charge in [0.15, 0.2) is 0 Å². The first-order valence-electron chi connectivity index (χ1n) is 5.14. The maximum atomic E-state index is 6.18. The number of nitrogen functional groups attached to an aromatic ring is 1. The summed E-state index contributed by atoms with van der Waals surface area (Å²) in [5.74, 6) is 0.692. The fraction of sp³-hybridized carbons (Fsp3) is 0.0833. The van der Waals surface area contributed by atoms with Gasteiger partial charge in [-0.1, -0.05) is 0 Å². The number of halogens is 1. The quantitative estimate of drug-likeness (QED) is 0.744. The molecule has 0 spiro atoms. The van der Waals surface area contributed by atoms with E-state index < -0.39 is 0 Å². The largest absolute Gasteiger partial charge is 0.383 e. The average molecular weight is 308 g/mol. The Balaban J connectivity index is 2.37. The van der Waals surface area contributed by atoms with Gasteiger partial charge in [0.05, 0.1) is 0 Å². The topological polar surface area (TPSA) is 43.3 Å². The molecule has 0 saturated carbocycles. The van der Waals surface area contributed by atoms with Crippen LogP contribution in [0.15, 0.2) is 33.4 Å². The van der Waals surface area contributed by atoms with Crippen molar-refractivity contribution in [1.82, 2.24) is 9.38 Å². The summed E-state index contributed by atoms with van der Waals surface area (Å²) in [7, 11) is 0. The molecule has 5 heteroatoms. The van der Waals surface area contributed by atoms with Crippen LogP contribution >= 0.6 is 27.3 Å². The Morgan fingerprint density at radius 1 is 1.35 bits per heavy atom. The summed E-state index contributed by atoms with van der Waals surface area (Å²) in [6.07, 6.45) is 0. The maximum Gasteiger partial charge on any atom is 0.139 e. The van der Waals surface area contributed by atoms with Crippen LogP contribution < -0.4 is 5.73 Å². The molecule has 0 saturated heterocycles. The van der Waals surface area contributed by atoms with E-state index >= 15 is 0 Å². The van der Waals surface area contributed by atoms with Crippen molar-refractivity contribution in [1.29, 1.82) is 0 Å². The molecular weight excluding hydrogens is 298 g/mol. The van der Waals surface area contributed by atoms with Crippen molar-refractivity contribution in [2.75, 3.05) is 5.73 Å². The zero-order valence-electron chi connectivity index (χ0n) is 9.14. The highest BCUT2D eigenvalue weighted by Crippen LogP contribution is 2.30. The van der Waals surface area contributed by atoms with Crippen molar-refractivity contribution >= 4 is 38.7 Å². The summed E-state index contributed by atoms with van der Waals surface area (Å²) in [5, 5.41) is 4.09. The standard InChI is InChI=1S/C12H10BrN3S/c1-7-9(13)2-3-10-15-11(12(14)16(7)10)8-4-5-17-6-8/h2-6H,14H2,1H3. The molecule has 17 heavy (non-hydrogen) atoms. The predicted octanol–water partition coefficient (Wildman–Crippen LogP) is 3.72. The van der Waals surface area contributed by atoms with E-state index in [9.17, 15) is 0 Å². The summed E-state index contributed by atoms with van der Waals surface area (Å²) in [4.78, 5) is 4.58. The van der Waals surface area contributed by atoms with Crippen LogP contribution in [0.25, 0.3) is 16.9 Å². The Bertz CT molecular complexity index is 685. The van der Waals surface area contributed by atoms with Crippen LogP contribution in [0, 0.1) is 6.92 Å². The fourth-order valence-electron chi connectivity index (χ4n) is 1.90. The van der Waals surface area contributed by atoms with Crippen LogP contribution in [0.5, 0.6) is 0 Å². The number of nitrogens with two attached hydrogens (primary N) is 1. The molecule has 3 aromatic rings. The molecule has 0 unspecified atom stereocenters. The summed E-state index contributed by atoms with van der Waals surface area (Å²) >= 11 is 5.15. The van der Waals surface area contributed by atoms with Crippen LogP contribution in [-0.4, -0.2) is 9.38 Å². The van der Waals surface area contributed by atoms with Crippen molar-refractivity contribution in [2.45, 2.75) is 6.92 Å². The van der Waals surface area contributed by atoms with Crippen molar-refractivity contribution in [3.63, 3.8) is 0 Å². The van der Waals surface area contributed by atoms with Crippen LogP contribution in [0.2, 0.25) is 0 Å². The van der Waals surface area contributed by atoms with E-state index in [1.54, 1.807) is 11.3 Å². The second-order valence-corrected chi connectivity index (χ2v) is 5.45. The Hall–Kier alpha value is -1.33. The van der Waals surface area contributed by atoms with E-state index in [4.69, 9.17) is 5.73 Å². The molecule has 0 aliphatic heterocycles. The molecule has 2 N–H and O–H groups in total. The lowest BCUT2D eigenvalue weighted by atomic mass is 10.2. The number of anilines is 1. The molecule has 0 aliphatic rings. The second-order valence-electron chi connectivity index (χ2n) is 3.82. The number of pyridine rings is 1. The first kappa shape index (κ1) is 10.8. The molecule has 3 rings (SSSR count). The zero-order valence-corrected chi connectivity index (χ0v) is 11.5. The Kier molecular flexibility index (Phi) is 2.45. The number of nitrogens with zero attached hydrogens (tertiary/aromatic N) is 2. The molecule has 3 aromatic heterocycles. The van der Waals surface area contributed by atoms with Gasteiger partial charge in [-0.2, -0.15) is 11.3 Å². The molecular formula is C12H10BrN3S. The molecule has 0 bridgehead atoms. The van der Waals surface area contributed by atoms with E-state index in [-0.39, 0.29) is 0 Å². The molecule has 0 aliphatic carbocycles. The summed E-state index contributed by atoms with van der Waals surface area (Å²) in [5.41, 5.74) is 10.1. The van der Waals surface area contributed by atoms with E-state index in [0.29, 0.717) is 5.82 Å². The number of hydrogen-bond acceptors (Lipinski definition) is 3. The Morgan fingerprint density at radius 3 is 2.88 bits per heavy atom. The molecule has 86 valence electrons. The molecule has 0 atom stereocenters. The summed E-state index contributed by atoms with van der Waals surface area (Å²) in [6.45, 7) is 2.02. The smallest absolute Gasteiger partial charge is 0.139 e. The van der Waals surface area contributed by atoms with Crippen LogP contribution in [0.4, 0.5) is 5.82 Å². The number of fused-ring (bicyclic) bond motifs is 1. The van der Waals surface area contributed by atoms with E-state index in [2.05, 4.69) is 26.3 Å². The highest BCUT2D eigenvalue weighted by Gasteiger charge is 2.13. The number of rotatable bonds is 1. The first-order chi connectivity index (χ1) is 8.18. The van der Waals surface area contributed by atoms with Gasteiger partial charge >= 0.3 is 0 Å². The third kappa shape index (κ3) is 1.57. The SMILES string of the molecule is Cc1c(Br)ccc2nc(-c3ccsc3)c(N)n12. The van der Waals surface area contributed by atoms with E-state index in [1.807, 2.05) is 34.9 Å². The van der Waals surface area contributed by atoms with Gasteiger partial charge in [0.1, 0.15) is 17.2 Å². The minimum absolute atomic E-state index is 0.692. The molecule has 3 nitrogen and oxygen atoms in total. The van der Waals surface area contributed by atoms with Crippen LogP contribution in [-0.2, 0) is 0 Å². The van der Waals surface area contributed by atoms with Crippen molar-refractivity contribution in [3.8, 4) is 11.3 Å². The van der Waals surface area contributed by atoms with Gasteiger partial charge < -0.3 is 5.73 Å². The van der Waals surface area contributed by atoms with Gasteiger partial charge in [0.2, 0.25) is 0 Å². The highest BCUT2D eigenvalue weighted by atomic mass is 79.9. The third-order valence-electron chi connectivity index (χ3n) is 2.79. The molecule has 0 amide bonds. The molecule has 0 radical (unpaired) electrons. The van der Waals surface area contributed by atoms with Gasteiger partial charge in [0, 0.05) is 21.1 Å². The lowest BCUT2D eigenvalue weighted by molar-refractivity contribution is 1.09. The highest BCUT2D eigenvalue weighted by molar-refractivity contribution is 9.10. The number of hydrogen-bond donors (Lipinski definition) is 1. The number of aryl methyl sites for hydroxylation is 1. The monoisotopic (exact) mass is 307 g/mol. The lowest BCUT2D eigenvalue weighted by Gasteiger charge is -2.04. The number of thiophene rings is 1. The first-order valence-corrected chi connectivity index (χ1v) is 6.87. The van der Waals surface area contributed by atoms with Gasteiger partial charge in [-0.25, -0.2) is 4.98 Å². The van der Waals surface area contributed by atoms with E-state index in [0.717, 1.165) is 27.1 Å². The van der Waals surface area contributed by atoms with Gasteiger partial charge in [-0.3, -0.25) is 4.40 Å². The van der Waals surface area contributed by atoms with Crippen molar-refractivity contribution in [3.05, 3.63) is 39.1 Å². The Labute approximate surface area is 111 Å². The van der Waals surface area contributed by atoms with Crippen molar-refractivity contribution in [2.24, 2.45) is 0 Å². The molecule has 3 heterocycles. The van der Waals surface area contributed by atoms with Crippen LogP contribution in [0.1, 0.15) is 5.69 Å². The summed E-state index contributed by atoms with van der Waals surface area (Å²) < 4.78 is 3.00. The second kappa shape index (κ2) is 3.85. The number of aromatic nitrogens is 2. The predicted molar refractivity (Wildman–Crippen MR) is 75.4 cm³/mol. The third-order valence-corrected chi connectivity index (χ3v) is 4.31. The van der Waals surface area contributed by atoms with Gasteiger partial charge in [0.25, 0.3) is 0 Å². The zero-order chi connectivity index (χ0) is 12.0.